The standard InChI is InChI=1S/C30H42N2O12/c1-19(2)24(33)39-15-23(16-40-25(34)20(3)4)43-28(37)31-13-11-9-10-12-14-32-29(38)44-30(32,17-41-26(35)21(5)6)18-42-27(36)22(7)8/h23H,1,3,5,7,9-18H2,2,4,6,8H3,(H,31,37). The molecule has 0 aromatic heterocycles. The number of esters is 4. The van der Waals surface area contributed by atoms with Crippen LogP contribution in [0.5, 0.6) is 0 Å². The van der Waals surface area contributed by atoms with E-state index in [-0.39, 0.29) is 61.8 Å². The Hall–Kier alpha value is -4.62. The van der Waals surface area contributed by atoms with Crippen molar-refractivity contribution in [3.05, 3.63) is 48.6 Å². The fraction of sp³-hybridized carbons (Fsp3) is 0.533. The fourth-order valence-electron chi connectivity index (χ4n) is 3.39. The van der Waals surface area contributed by atoms with E-state index in [1.807, 2.05) is 0 Å². The van der Waals surface area contributed by atoms with Crippen molar-refractivity contribution in [3.63, 3.8) is 0 Å². The Morgan fingerprint density at radius 3 is 1.59 bits per heavy atom. The molecule has 0 spiro atoms. The minimum absolute atomic E-state index is 0.154. The lowest BCUT2D eigenvalue weighted by atomic mass is 10.1. The van der Waals surface area contributed by atoms with Crippen molar-refractivity contribution in [2.24, 2.45) is 0 Å². The summed E-state index contributed by atoms with van der Waals surface area (Å²) in [6.45, 7) is 18.9. The van der Waals surface area contributed by atoms with Crippen molar-refractivity contribution >= 4 is 36.1 Å². The van der Waals surface area contributed by atoms with Gasteiger partial charge in [-0.05, 0) is 40.5 Å². The Bertz CT molecular complexity index is 1100. The van der Waals surface area contributed by atoms with Gasteiger partial charge in [0, 0.05) is 35.4 Å². The third-order valence-corrected chi connectivity index (χ3v) is 5.89. The molecule has 0 aliphatic carbocycles. The quantitative estimate of drug-likeness (QED) is 0.0910. The summed E-state index contributed by atoms with van der Waals surface area (Å²) in [7, 11) is 0. The summed E-state index contributed by atoms with van der Waals surface area (Å²) in [5.41, 5.74) is -0.849. The summed E-state index contributed by atoms with van der Waals surface area (Å²) in [6, 6.07) is 0. The molecule has 14 heteroatoms. The molecule has 0 bridgehead atoms. The van der Waals surface area contributed by atoms with E-state index in [9.17, 15) is 28.8 Å². The van der Waals surface area contributed by atoms with Gasteiger partial charge in [-0.1, -0.05) is 39.2 Å². The van der Waals surface area contributed by atoms with Crippen LogP contribution in [0.4, 0.5) is 9.59 Å². The molecule has 0 saturated carbocycles. The molecule has 2 amide bonds. The molecule has 1 heterocycles. The molecule has 244 valence electrons. The van der Waals surface area contributed by atoms with Crippen LogP contribution in [0.2, 0.25) is 0 Å². The van der Waals surface area contributed by atoms with E-state index in [2.05, 4.69) is 31.6 Å². The lowest BCUT2D eigenvalue weighted by Gasteiger charge is -2.49. The van der Waals surface area contributed by atoms with Crippen LogP contribution in [0, 0.1) is 0 Å². The molecule has 1 N–H and O–H groups in total. The van der Waals surface area contributed by atoms with Gasteiger partial charge in [0.1, 0.15) is 13.2 Å². The highest BCUT2D eigenvalue weighted by Crippen LogP contribution is 2.31. The Morgan fingerprint density at radius 2 is 1.16 bits per heavy atom. The van der Waals surface area contributed by atoms with Gasteiger partial charge in [0.2, 0.25) is 0 Å². The van der Waals surface area contributed by atoms with Crippen molar-refractivity contribution in [1.82, 2.24) is 10.2 Å². The van der Waals surface area contributed by atoms with E-state index in [1.54, 1.807) is 0 Å². The Kier molecular flexibility index (Phi) is 15.4. The van der Waals surface area contributed by atoms with Crippen molar-refractivity contribution in [3.8, 4) is 0 Å². The molecule has 14 nitrogen and oxygen atoms in total. The third kappa shape index (κ3) is 12.7. The summed E-state index contributed by atoms with van der Waals surface area (Å²) in [5.74, 6) is -2.74. The topological polar surface area (TPSA) is 173 Å². The number of cyclic esters (lactones) is 1. The van der Waals surface area contributed by atoms with Crippen LogP contribution < -0.4 is 5.32 Å². The van der Waals surface area contributed by atoms with E-state index in [4.69, 9.17) is 28.4 Å². The molecule has 1 aliphatic heterocycles. The Labute approximate surface area is 257 Å². The molecule has 1 aliphatic rings. The predicted octanol–water partition coefficient (Wildman–Crippen LogP) is 3.27. The van der Waals surface area contributed by atoms with E-state index in [0.717, 1.165) is 0 Å². The number of unbranched alkanes of at least 4 members (excludes halogenated alkanes) is 3. The number of hydrogen-bond acceptors (Lipinski definition) is 12. The van der Waals surface area contributed by atoms with Crippen LogP contribution in [0.25, 0.3) is 0 Å². The Morgan fingerprint density at radius 1 is 0.727 bits per heavy atom. The number of alkyl carbamates (subject to hydrolysis) is 1. The van der Waals surface area contributed by atoms with Gasteiger partial charge in [0.25, 0.3) is 5.72 Å². The summed E-state index contributed by atoms with van der Waals surface area (Å²) >= 11 is 0. The molecule has 0 aromatic rings. The number of carbonyl (C=O) groups excluding carboxylic acids is 6. The average molecular weight is 623 g/mol. The van der Waals surface area contributed by atoms with Crippen molar-refractivity contribution in [1.29, 1.82) is 0 Å². The van der Waals surface area contributed by atoms with E-state index in [0.29, 0.717) is 25.7 Å². The SMILES string of the molecule is C=C(C)C(=O)OCC(COC(=O)C(=C)C)OC(=O)NCCCCCCN1C(=O)OC1(COC(=O)C(=C)C)COC(=O)C(=C)C. The maximum Gasteiger partial charge on any atom is 0.415 e. The van der Waals surface area contributed by atoms with Gasteiger partial charge in [-0.3, -0.25) is 4.90 Å². The van der Waals surface area contributed by atoms with E-state index in [1.165, 1.54) is 32.6 Å². The van der Waals surface area contributed by atoms with Gasteiger partial charge in [0.15, 0.2) is 19.3 Å². The van der Waals surface area contributed by atoms with Crippen LogP contribution >= 0.6 is 0 Å². The number of rotatable bonds is 20. The zero-order chi connectivity index (χ0) is 33.4. The molecule has 0 radical (unpaired) electrons. The number of amides is 2. The molecule has 0 aromatic carbocycles. The van der Waals surface area contributed by atoms with Crippen LogP contribution in [-0.2, 0) is 47.6 Å². The van der Waals surface area contributed by atoms with E-state index >= 15 is 0 Å². The smallest absolute Gasteiger partial charge is 0.415 e. The number of nitrogens with one attached hydrogen (secondary N) is 1. The highest BCUT2D eigenvalue weighted by Gasteiger charge is 2.55. The molecule has 1 rings (SSSR count). The molecule has 1 saturated heterocycles. The first kappa shape index (κ1) is 37.4. The predicted molar refractivity (Wildman–Crippen MR) is 156 cm³/mol. The van der Waals surface area contributed by atoms with Crippen LogP contribution in [0.3, 0.4) is 0 Å². The Balaban J connectivity index is 2.53. The monoisotopic (exact) mass is 622 g/mol. The first-order valence-electron chi connectivity index (χ1n) is 13.8. The number of carbonyl (C=O) groups is 6. The van der Waals surface area contributed by atoms with Gasteiger partial charge in [0.05, 0.1) is 0 Å². The first-order chi connectivity index (χ1) is 20.6. The highest BCUT2D eigenvalue weighted by atomic mass is 16.7. The van der Waals surface area contributed by atoms with Crippen molar-refractivity contribution < 1.29 is 57.2 Å². The van der Waals surface area contributed by atoms with Gasteiger partial charge < -0.3 is 33.7 Å². The van der Waals surface area contributed by atoms with E-state index < -0.39 is 47.9 Å². The maximum absolute atomic E-state index is 12.3. The summed E-state index contributed by atoms with van der Waals surface area (Å²) in [6.07, 6.45) is -0.0711. The summed E-state index contributed by atoms with van der Waals surface area (Å²) < 4.78 is 30.9. The largest absolute Gasteiger partial charge is 0.458 e. The molecule has 1 fully saturated rings. The molecular weight excluding hydrogens is 580 g/mol. The molecule has 0 atom stereocenters. The second-order valence-corrected chi connectivity index (χ2v) is 10.3. The summed E-state index contributed by atoms with van der Waals surface area (Å²) in [4.78, 5) is 73.0. The second-order valence-electron chi connectivity index (χ2n) is 10.3. The van der Waals surface area contributed by atoms with Crippen LogP contribution in [0.1, 0.15) is 53.4 Å². The van der Waals surface area contributed by atoms with Gasteiger partial charge in [-0.15, -0.1) is 0 Å². The highest BCUT2D eigenvalue weighted by molar-refractivity contribution is 5.88. The summed E-state index contributed by atoms with van der Waals surface area (Å²) in [5, 5.41) is 2.58. The normalized spacial score (nSPS) is 13.0. The zero-order valence-electron chi connectivity index (χ0n) is 25.8. The van der Waals surface area contributed by atoms with Crippen LogP contribution in [-0.4, -0.2) is 92.3 Å². The molecule has 44 heavy (non-hydrogen) atoms. The van der Waals surface area contributed by atoms with Gasteiger partial charge in [-0.25, -0.2) is 28.8 Å². The number of hydrogen-bond donors (Lipinski definition) is 1. The van der Waals surface area contributed by atoms with Gasteiger partial charge in [-0.2, -0.15) is 0 Å². The number of ether oxygens (including phenoxy) is 6. The zero-order valence-corrected chi connectivity index (χ0v) is 25.8. The van der Waals surface area contributed by atoms with Crippen LogP contribution in [0.15, 0.2) is 48.6 Å². The fourth-order valence-corrected chi connectivity index (χ4v) is 3.39. The van der Waals surface area contributed by atoms with Gasteiger partial charge >= 0.3 is 36.1 Å². The van der Waals surface area contributed by atoms with Crippen molar-refractivity contribution in [2.75, 3.05) is 39.5 Å². The second kappa shape index (κ2) is 18.1. The molecule has 0 unspecified atom stereocenters. The number of nitrogens with zero attached hydrogens (tertiary/aromatic N) is 1. The lowest BCUT2D eigenvalue weighted by molar-refractivity contribution is -0.235. The third-order valence-electron chi connectivity index (χ3n) is 5.89. The maximum atomic E-state index is 12.3. The first-order valence-corrected chi connectivity index (χ1v) is 13.8. The molecular formula is C30H42N2O12. The minimum Gasteiger partial charge on any atom is -0.458 e. The minimum atomic E-state index is -1.47. The average Bonchev–Trinajstić information content (AvgIpc) is 2.95. The van der Waals surface area contributed by atoms with Crippen molar-refractivity contribution in [2.45, 2.75) is 65.2 Å². The lowest BCUT2D eigenvalue weighted by Crippen LogP contribution is -2.70.